The molecule has 1 atom stereocenters. The fourth-order valence-corrected chi connectivity index (χ4v) is 4.22. The summed E-state index contributed by atoms with van der Waals surface area (Å²) in [5.74, 6) is 3.08. The fraction of sp³-hybridized carbons (Fsp3) is 0.259. The third kappa shape index (κ3) is 4.82. The summed E-state index contributed by atoms with van der Waals surface area (Å²) < 4.78 is 0. The van der Waals surface area contributed by atoms with Crippen molar-refractivity contribution in [1.29, 1.82) is 0 Å². The van der Waals surface area contributed by atoms with E-state index in [-0.39, 0.29) is 5.92 Å². The van der Waals surface area contributed by atoms with Crippen LogP contribution in [0.2, 0.25) is 0 Å². The normalized spacial score (nSPS) is 14.9. The van der Waals surface area contributed by atoms with Crippen molar-refractivity contribution in [1.82, 2.24) is 15.4 Å². The number of nitrogens with one attached hydrogen (secondary N) is 1. The Balaban J connectivity index is 1.66. The van der Waals surface area contributed by atoms with E-state index in [2.05, 4.69) is 76.0 Å². The molecule has 3 N–H and O–H groups in total. The Kier molecular flexibility index (Phi) is 6.84. The summed E-state index contributed by atoms with van der Waals surface area (Å²) >= 11 is 0. The minimum atomic E-state index is 0.125. The zero-order valence-corrected chi connectivity index (χ0v) is 18.3. The smallest absolute Gasteiger partial charge is 0.220 e. The average Bonchev–Trinajstić information content (AvgIpc) is 2.81. The number of benzene rings is 2. The van der Waals surface area contributed by atoms with Gasteiger partial charge in [-0.15, -0.1) is 12.3 Å². The summed E-state index contributed by atoms with van der Waals surface area (Å²) in [7, 11) is 0. The summed E-state index contributed by atoms with van der Waals surface area (Å²) in [5, 5.41) is 0. The standard InChI is InChI=1S/C27H28N4O/c1-3-4-5-11-16-32-31-25-18-21(17-24-26(25)19(2)29-27(28)30-24)23-15-10-9-14-22(23)20-12-7-6-8-13-20/h1,6-10,12-15,18,21,31H,4-5,11,16-17H2,2H3,(H2,28,29,30). The second-order valence-electron chi connectivity index (χ2n) is 7.94. The number of terminal acetylenes is 1. The minimum absolute atomic E-state index is 0.125. The predicted molar refractivity (Wildman–Crippen MR) is 129 cm³/mol. The maximum absolute atomic E-state index is 5.99. The molecule has 1 aromatic heterocycles. The van der Waals surface area contributed by atoms with E-state index in [1.807, 2.05) is 13.0 Å². The van der Waals surface area contributed by atoms with E-state index in [9.17, 15) is 0 Å². The molecule has 0 bridgehead atoms. The molecule has 0 saturated heterocycles. The monoisotopic (exact) mass is 424 g/mol. The van der Waals surface area contributed by atoms with Gasteiger partial charge in [-0.25, -0.2) is 9.97 Å². The molecule has 0 amide bonds. The molecule has 5 heteroatoms. The molecule has 1 aliphatic carbocycles. The van der Waals surface area contributed by atoms with Gasteiger partial charge < -0.3 is 5.73 Å². The number of hydrogen-bond acceptors (Lipinski definition) is 5. The van der Waals surface area contributed by atoms with Gasteiger partial charge in [0.1, 0.15) is 0 Å². The molecule has 162 valence electrons. The van der Waals surface area contributed by atoms with Crippen molar-refractivity contribution >= 4 is 11.6 Å². The highest BCUT2D eigenvalue weighted by Gasteiger charge is 2.26. The predicted octanol–water partition coefficient (Wildman–Crippen LogP) is 5.04. The first-order valence-electron chi connectivity index (χ1n) is 11.0. The van der Waals surface area contributed by atoms with E-state index in [1.54, 1.807) is 0 Å². The molecule has 2 aromatic carbocycles. The molecule has 0 fully saturated rings. The average molecular weight is 425 g/mol. The van der Waals surface area contributed by atoms with Crippen LogP contribution in [0.1, 0.15) is 47.7 Å². The number of nitrogens with zero attached hydrogens (tertiary/aromatic N) is 2. The maximum atomic E-state index is 5.99. The first kappa shape index (κ1) is 21.6. The Bertz CT molecular complexity index is 1150. The van der Waals surface area contributed by atoms with Crippen LogP contribution in [0.25, 0.3) is 16.8 Å². The maximum Gasteiger partial charge on any atom is 0.220 e. The van der Waals surface area contributed by atoms with Gasteiger partial charge in [-0.1, -0.05) is 60.7 Å². The summed E-state index contributed by atoms with van der Waals surface area (Å²) in [6, 6.07) is 19.0. The topological polar surface area (TPSA) is 73.1 Å². The number of hydroxylamine groups is 1. The molecule has 0 saturated carbocycles. The van der Waals surface area contributed by atoms with E-state index in [0.29, 0.717) is 12.6 Å². The van der Waals surface area contributed by atoms with Crippen molar-refractivity contribution in [2.75, 3.05) is 12.3 Å². The van der Waals surface area contributed by atoms with Gasteiger partial charge in [0.05, 0.1) is 23.7 Å². The Morgan fingerprint density at radius 1 is 1.09 bits per heavy atom. The summed E-state index contributed by atoms with van der Waals surface area (Å²) in [6.07, 6.45) is 10.9. The number of nitrogens with two attached hydrogens (primary N) is 1. The Hall–Kier alpha value is -3.62. The number of allylic oxidation sites excluding steroid dienone is 1. The van der Waals surface area contributed by atoms with Gasteiger partial charge >= 0.3 is 0 Å². The summed E-state index contributed by atoms with van der Waals surface area (Å²) in [5.41, 5.74) is 16.4. The number of anilines is 1. The number of hydrogen-bond donors (Lipinski definition) is 2. The first-order chi connectivity index (χ1) is 15.7. The third-order valence-corrected chi connectivity index (χ3v) is 5.68. The van der Waals surface area contributed by atoms with Gasteiger partial charge in [0, 0.05) is 24.3 Å². The molecule has 0 spiro atoms. The lowest BCUT2D eigenvalue weighted by Gasteiger charge is -2.27. The molecule has 1 aliphatic rings. The zero-order valence-electron chi connectivity index (χ0n) is 18.3. The van der Waals surface area contributed by atoms with Gasteiger partial charge in [0.15, 0.2) is 0 Å². The van der Waals surface area contributed by atoms with Crippen LogP contribution in [-0.4, -0.2) is 16.6 Å². The van der Waals surface area contributed by atoms with Crippen LogP contribution >= 0.6 is 0 Å². The molecule has 32 heavy (non-hydrogen) atoms. The Morgan fingerprint density at radius 3 is 2.69 bits per heavy atom. The van der Waals surface area contributed by atoms with Crippen molar-refractivity contribution in [2.45, 2.75) is 38.5 Å². The van der Waals surface area contributed by atoms with Crippen LogP contribution in [0.3, 0.4) is 0 Å². The molecular formula is C27H28N4O. The van der Waals surface area contributed by atoms with Gasteiger partial charge in [0.2, 0.25) is 5.95 Å². The van der Waals surface area contributed by atoms with Gasteiger partial charge in [-0.2, -0.15) is 0 Å². The second kappa shape index (κ2) is 10.1. The van der Waals surface area contributed by atoms with E-state index in [1.165, 1.54) is 16.7 Å². The molecular weight excluding hydrogens is 396 g/mol. The van der Waals surface area contributed by atoms with Crippen LogP contribution in [0.5, 0.6) is 0 Å². The van der Waals surface area contributed by atoms with E-state index in [4.69, 9.17) is 17.0 Å². The highest BCUT2D eigenvalue weighted by atomic mass is 16.6. The number of aryl methyl sites for hydroxylation is 1. The van der Waals surface area contributed by atoms with Crippen LogP contribution in [0.4, 0.5) is 5.95 Å². The third-order valence-electron chi connectivity index (χ3n) is 5.68. The van der Waals surface area contributed by atoms with Gasteiger partial charge in [0.25, 0.3) is 0 Å². The van der Waals surface area contributed by atoms with E-state index in [0.717, 1.165) is 48.3 Å². The number of fused-ring (bicyclic) bond motifs is 1. The molecule has 4 rings (SSSR count). The van der Waals surface area contributed by atoms with Crippen LogP contribution in [0, 0.1) is 19.3 Å². The highest BCUT2D eigenvalue weighted by molar-refractivity contribution is 5.74. The fourth-order valence-electron chi connectivity index (χ4n) is 4.22. The lowest BCUT2D eigenvalue weighted by Crippen LogP contribution is -2.23. The molecule has 1 heterocycles. The number of aromatic nitrogens is 2. The number of rotatable bonds is 8. The molecule has 0 aliphatic heterocycles. The summed E-state index contributed by atoms with van der Waals surface area (Å²) in [6.45, 7) is 2.53. The molecule has 5 nitrogen and oxygen atoms in total. The van der Waals surface area contributed by atoms with E-state index < -0.39 is 0 Å². The van der Waals surface area contributed by atoms with Crippen LogP contribution < -0.4 is 11.2 Å². The van der Waals surface area contributed by atoms with Crippen molar-refractivity contribution < 1.29 is 4.84 Å². The summed E-state index contributed by atoms with van der Waals surface area (Å²) in [4.78, 5) is 14.7. The van der Waals surface area contributed by atoms with Crippen molar-refractivity contribution in [3.63, 3.8) is 0 Å². The molecule has 1 unspecified atom stereocenters. The SMILES string of the molecule is C#CCCCCONC1=CC(c2ccccc2-c2ccccc2)Cc2nc(N)nc(C)c21. The van der Waals surface area contributed by atoms with Crippen molar-refractivity contribution in [2.24, 2.45) is 0 Å². The minimum Gasteiger partial charge on any atom is -0.368 e. The molecule has 0 radical (unpaired) electrons. The Labute approximate surface area is 189 Å². The van der Waals surface area contributed by atoms with Gasteiger partial charge in [-0.05, 0) is 36.5 Å². The van der Waals surface area contributed by atoms with Crippen LogP contribution in [0.15, 0.2) is 60.7 Å². The van der Waals surface area contributed by atoms with Gasteiger partial charge in [-0.3, -0.25) is 10.3 Å². The number of nitrogen functional groups attached to an aromatic ring is 1. The largest absolute Gasteiger partial charge is 0.368 e. The van der Waals surface area contributed by atoms with Crippen molar-refractivity contribution in [3.05, 3.63) is 83.2 Å². The lowest BCUT2D eigenvalue weighted by molar-refractivity contribution is 0.0751. The van der Waals surface area contributed by atoms with Crippen molar-refractivity contribution in [3.8, 4) is 23.5 Å². The first-order valence-corrected chi connectivity index (χ1v) is 11.0. The quantitative estimate of drug-likeness (QED) is 0.301. The van der Waals surface area contributed by atoms with Crippen LogP contribution in [-0.2, 0) is 11.3 Å². The second-order valence-corrected chi connectivity index (χ2v) is 7.94. The lowest BCUT2D eigenvalue weighted by atomic mass is 9.82. The molecule has 3 aromatic rings. The highest BCUT2D eigenvalue weighted by Crippen LogP contribution is 2.38. The number of unbranched alkanes of at least 4 members (excludes halogenated alkanes) is 2. The zero-order chi connectivity index (χ0) is 22.3. The Morgan fingerprint density at radius 2 is 1.88 bits per heavy atom. The van der Waals surface area contributed by atoms with E-state index >= 15 is 0 Å².